The Labute approximate surface area is 164 Å². The number of rotatable bonds is 5. The predicted molar refractivity (Wildman–Crippen MR) is 103 cm³/mol. The Kier molecular flexibility index (Phi) is 5.79. The molecule has 1 aromatic carbocycles. The van der Waals surface area contributed by atoms with E-state index in [9.17, 15) is 14.4 Å². The predicted octanol–water partition coefficient (Wildman–Crippen LogP) is 3.46. The molecule has 27 heavy (non-hydrogen) atoms. The van der Waals surface area contributed by atoms with Crippen molar-refractivity contribution in [2.75, 3.05) is 13.7 Å². The number of piperidine rings is 1. The van der Waals surface area contributed by atoms with E-state index in [0.29, 0.717) is 24.6 Å². The van der Waals surface area contributed by atoms with Gasteiger partial charge in [0, 0.05) is 16.7 Å². The third-order valence-corrected chi connectivity index (χ3v) is 6.25. The highest BCUT2D eigenvalue weighted by atomic mass is 32.2. The fourth-order valence-electron chi connectivity index (χ4n) is 3.81. The maximum absolute atomic E-state index is 12.9. The number of ether oxygens (including phenoxy) is 1. The van der Waals surface area contributed by atoms with Crippen LogP contribution in [0.1, 0.15) is 45.2 Å². The van der Waals surface area contributed by atoms with Gasteiger partial charge in [0.25, 0.3) is 5.91 Å². The van der Waals surface area contributed by atoms with E-state index in [4.69, 9.17) is 4.74 Å². The summed E-state index contributed by atoms with van der Waals surface area (Å²) in [5.41, 5.74) is 0.925. The van der Waals surface area contributed by atoms with Crippen LogP contribution in [-0.4, -0.2) is 52.7 Å². The summed E-state index contributed by atoms with van der Waals surface area (Å²) in [7, 11) is 1.35. The van der Waals surface area contributed by atoms with Gasteiger partial charge in [0.1, 0.15) is 6.04 Å². The molecular weight excluding hydrogens is 364 g/mol. The highest BCUT2D eigenvalue weighted by Crippen LogP contribution is 2.35. The van der Waals surface area contributed by atoms with Crippen molar-refractivity contribution in [2.45, 2.75) is 55.8 Å². The van der Waals surface area contributed by atoms with Gasteiger partial charge in [-0.1, -0.05) is 26.0 Å². The molecule has 6 nitrogen and oxygen atoms in total. The van der Waals surface area contributed by atoms with Crippen LogP contribution in [0.25, 0.3) is 0 Å². The fraction of sp³-hybridized carbons (Fsp3) is 0.550. The molecule has 0 saturated carbocycles. The normalized spacial score (nSPS) is 23.6. The Morgan fingerprint density at radius 2 is 1.85 bits per heavy atom. The molecule has 0 aromatic heterocycles. The zero-order chi connectivity index (χ0) is 19.7. The van der Waals surface area contributed by atoms with Gasteiger partial charge in [-0.2, -0.15) is 0 Å². The van der Waals surface area contributed by atoms with Gasteiger partial charge >= 0.3 is 12.0 Å². The first-order valence-electron chi connectivity index (χ1n) is 9.31. The van der Waals surface area contributed by atoms with Gasteiger partial charge in [-0.15, -0.1) is 11.8 Å². The molecule has 3 atom stereocenters. The molecule has 146 valence electrons. The van der Waals surface area contributed by atoms with E-state index >= 15 is 0 Å². The molecule has 1 aromatic rings. The number of imide groups is 1. The minimum atomic E-state index is -0.562. The molecule has 2 heterocycles. The monoisotopic (exact) mass is 390 g/mol. The first kappa shape index (κ1) is 19.7. The van der Waals surface area contributed by atoms with Crippen LogP contribution in [0.2, 0.25) is 0 Å². The summed E-state index contributed by atoms with van der Waals surface area (Å²) >= 11 is 1.77. The van der Waals surface area contributed by atoms with Crippen LogP contribution < -0.4 is 0 Å². The third-order valence-electron chi connectivity index (χ3n) is 5.23. The maximum Gasteiger partial charge on any atom is 0.328 e. The van der Waals surface area contributed by atoms with Crippen molar-refractivity contribution >= 4 is 29.7 Å². The smallest absolute Gasteiger partial charge is 0.328 e. The second-order valence-corrected chi connectivity index (χ2v) is 9.01. The molecule has 0 bridgehead atoms. The van der Waals surface area contributed by atoms with E-state index in [1.165, 1.54) is 16.9 Å². The van der Waals surface area contributed by atoms with Gasteiger partial charge < -0.3 is 9.64 Å². The molecular formula is C20H26N2O4S. The second kappa shape index (κ2) is 7.92. The molecule has 0 radical (unpaired) electrons. The maximum atomic E-state index is 12.9. The van der Waals surface area contributed by atoms with Crippen molar-refractivity contribution in [3.05, 3.63) is 29.8 Å². The molecule has 2 saturated heterocycles. The Morgan fingerprint density at radius 1 is 1.19 bits per heavy atom. The number of amides is 3. The average Bonchev–Trinajstić information content (AvgIpc) is 2.91. The molecule has 0 aliphatic carbocycles. The molecule has 3 rings (SSSR count). The molecule has 2 aliphatic rings. The number of benzene rings is 1. The van der Waals surface area contributed by atoms with Gasteiger partial charge in [0.15, 0.2) is 0 Å². The van der Waals surface area contributed by atoms with Crippen molar-refractivity contribution in [3.63, 3.8) is 0 Å². The summed E-state index contributed by atoms with van der Waals surface area (Å²) in [5, 5.41) is 0.494. The van der Waals surface area contributed by atoms with Crippen LogP contribution >= 0.6 is 11.8 Å². The Balaban J connectivity index is 1.76. The SMILES string of the molecule is COC(=O)[C@@H]1CCN2C(=O)N([C@H](C)c3ccc(SC(C)C)cc3)C(=O)[C@H]2C1. The van der Waals surface area contributed by atoms with Gasteiger partial charge in [0.05, 0.1) is 19.1 Å². The number of thioether (sulfide) groups is 1. The van der Waals surface area contributed by atoms with Gasteiger partial charge in [0.2, 0.25) is 0 Å². The van der Waals surface area contributed by atoms with E-state index in [2.05, 4.69) is 13.8 Å². The number of methoxy groups -OCH3 is 1. The van der Waals surface area contributed by atoms with Crippen LogP contribution in [0.5, 0.6) is 0 Å². The number of esters is 1. The molecule has 3 amide bonds. The molecule has 0 N–H and O–H groups in total. The Hall–Kier alpha value is -2.02. The van der Waals surface area contributed by atoms with E-state index in [-0.39, 0.29) is 29.9 Å². The topological polar surface area (TPSA) is 66.9 Å². The summed E-state index contributed by atoms with van der Waals surface area (Å²) in [6.45, 7) is 6.56. The summed E-state index contributed by atoms with van der Waals surface area (Å²) in [6.07, 6.45) is 0.871. The third kappa shape index (κ3) is 3.83. The summed E-state index contributed by atoms with van der Waals surface area (Å²) in [6, 6.07) is 6.85. The molecule has 0 unspecified atom stereocenters. The summed E-state index contributed by atoms with van der Waals surface area (Å²) < 4.78 is 4.81. The highest BCUT2D eigenvalue weighted by Gasteiger charge is 2.50. The first-order valence-corrected chi connectivity index (χ1v) is 10.2. The minimum absolute atomic E-state index is 0.221. The number of hydrogen-bond acceptors (Lipinski definition) is 5. The quantitative estimate of drug-likeness (QED) is 0.438. The lowest BCUT2D eigenvalue weighted by molar-refractivity contribution is -0.147. The van der Waals surface area contributed by atoms with Crippen LogP contribution in [0, 0.1) is 5.92 Å². The van der Waals surface area contributed by atoms with E-state index < -0.39 is 6.04 Å². The van der Waals surface area contributed by atoms with Crippen LogP contribution in [0.15, 0.2) is 29.2 Å². The lowest BCUT2D eigenvalue weighted by Crippen LogP contribution is -2.44. The average molecular weight is 391 g/mol. The van der Waals surface area contributed by atoms with Crippen LogP contribution in [0.4, 0.5) is 4.79 Å². The standard InChI is InChI=1S/C20H26N2O4S/c1-12(2)27-16-7-5-14(6-8-16)13(3)22-18(23)17-11-15(19(24)26-4)9-10-21(17)20(22)25/h5-8,12-13,15,17H,9-11H2,1-4H3/t13-,15-,17-/m1/s1. The van der Waals surface area contributed by atoms with Crippen molar-refractivity contribution in [1.29, 1.82) is 0 Å². The Bertz CT molecular complexity index is 734. The van der Waals surface area contributed by atoms with Gasteiger partial charge in [-0.3, -0.25) is 14.5 Å². The first-order chi connectivity index (χ1) is 12.8. The Morgan fingerprint density at radius 3 is 2.44 bits per heavy atom. The number of urea groups is 1. The van der Waals surface area contributed by atoms with Gasteiger partial charge in [-0.25, -0.2) is 4.79 Å². The number of fused-ring (bicyclic) bond motifs is 1. The second-order valence-electron chi connectivity index (χ2n) is 7.36. The van der Waals surface area contributed by atoms with Crippen molar-refractivity contribution < 1.29 is 19.1 Å². The lowest BCUT2D eigenvalue weighted by atomic mass is 9.91. The molecule has 0 spiro atoms. The number of carbonyl (C=O) groups excluding carboxylic acids is 3. The van der Waals surface area contributed by atoms with Gasteiger partial charge in [-0.05, 0) is 37.5 Å². The van der Waals surface area contributed by atoms with E-state index in [0.717, 1.165) is 5.56 Å². The fourth-order valence-corrected chi connectivity index (χ4v) is 4.64. The summed E-state index contributed by atoms with van der Waals surface area (Å²) in [4.78, 5) is 41.7. The number of nitrogens with zero attached hydrogens (tertiary/aromatic N) is 2. The zero-order valence-corrected chi connectivity index (χ0v) is 17.0. The largest absolute Gasteiger partial charge is 0.469 e. The van der Waals surface area contributed by atoms with Crippen molar-refractivity contribution in [2.24, 2.45) is 5.92 Å². The highest BCUT2D eigenvalue weighted by molar-refractivity contribution is 7.99. The minimum Gasteiger partial charge on any atom is -0.469 e. The van der Waals surface area contributed by atoms with Crippen LogP contribution in [0.3, 0.4) is 0 Å². The zero-order valence-electron chi connectivity index (χ0n) is 16.2. The lowest BCUT2D eigenvalue weighted by Gasteiger charge is -2.30. The van der Waals surface area contributed by atoms with E-state index in [1.54, 1.807) is 16.7 Å². The van der Waals surface area contributed by atoms with E-state index in [1.807, 2.05) is 31.2 Å². The van der Waals surface area contributed by atoms with Crippen LogP contribution in [-0.2, 0) is 14.3 Å². The molecule has 2 fully saturated rings. The molecule has 2 aliphatic heterocycles. The van der Waals surface area contributed by atoms with Crippen molar-refractivity contribution in [3.8, 4) is 0 Å². The van der Waals surface area contributed by atoms with Crippen molar-refractivity contribution in [1.82, 2.24) is 9.80 Å². The molecule has 7 heteroatoms. The summed E-state index contributed by atoms with van der Waals surface area (Å²) in [5.74, 6) is -0.850. The number of hydrogen-bond donors (Lipinski definition) is 0. The number of carbonyl (C=O) groups is 3.